The lowest BCUT2D eigenvalue weighted by atomic mass is 10.0. The predicted molar refractivity (Wildman–Crippen MR) is 142 cm³/mol. The summed E-state index contributed by atoms with van der Waals surface area (Å²) in [5.74, 6) is 1.74. The molecule has 5 nitrogen and oxygen atoms in total. The third-order valence-electron chi connectivity index (χ3n) is 5.51. The number of ketones is 1. The molecule has 0 aliphatic carbocycles. The first kappa shape index (κ1) is 25.5. The summed E-state index contributed by atoms with van der Waals surface area (Å²) in [7, 11) is 3.13. The first-order valence-electron chi connectivity index (χ1n) is 11.1. The maximum atomic E-state index is 13.3. The Balaban J connectivity index is 1.44. The van der Waals surface area contributed by atoms with Gasteiger partial charge >= 0.3 is 0 Å². The number of thiocarbonyl (C=S) groups is 1. The van der Waals surface area contributed by atoms with Gasteiger partial charge in [-0.1, -0.05) is 42.0 Å². The van der Waals surface area contributed by atoms with E-state index >= 15 is 0 Å². The highest BCUT2D eigenvalue weighted by Gasteiger charge is 2.14. The van der Waals surface area contributed by atoms with Crippen LogP contribution in [0.4, 0.5) is 4.39 Å². The molecule has 4 aromatic rings. The minimum atomic E-state index is -0.363. The number of hydrogen-bond acceptors (Lipinski definition) is 6. The number of rotatable bonds is 10. The number of fused-ring (bicyclic) bond motifs is 1. The molecule has 0 amide bonds. The maximum absolute atomic E-state index is 13.3. The second kappa shape index (κ2) is 11.5. The van der Waals surface area contributed by atoms with E-state index in [1.54, 1.807) is 62.9 Å². The molecule has 0 aliphatic heterocycles. The topological polar surface area (TPSA) is 57.7 Å². The SMILES string of the molecule is COc1cc2nccc(Oc3ccc(CC(=S)CC(=O)Cc4cccc(F)c4)cc3Cl)c2cc1OC. The average Bonchev–Trinajstić information content (AvgIpc) is 2.84. The van der Waals surface area contributed by atoms with Crippen LogP contribution >= 0.6 is 23.8 Å². The summed E-state index contributed by atoms with van der Waals surface area (Å²) in [6.45, 7) is 0. The van der Waals surface area contributed by atoms with Crippen LogP contribution in [0.5, 0.6) is 23.0 Å². The summed E-state index contributed by atoms with van der Waals surface area (Å²) < 4.78 is 30.2. The standard InChI is InChI=1S/C28H23ClFNO4S/c1-33-27-15-22-24(16-28(27)34-2)31-9-8-25(22)35-26-7-6-18(13-23(26)29)12-21(36)14-20(32)11-17-4-3-5-19(30)10-17/h3-10,13,15-16H,11-12,14H2,1-2H3. The Kier molecular flexibility index (Phi) is 8.13. The first-order valence-corrected chi connectivity index (χ1v) is 11.9. The smallest absolute Gasteiger partial charge is 0.162 e. The molecule has 8 heteroatoms. The van der Waals surface area contributed by atoms with Crippen molar-refractivity contribution in [3.05, 3.63) is 88.8 Å². The van der Waals surface area contributed by atoms with Crippen molar-refractivity contribution in [1.82, 2.24) is 4.98 Å². The second-order valence-corrected chi connectivity index (χ2v) is 9.12. The van der Waals surface area contributed by atoms with Crippen LogP contribution in [0.2, 0.25) is 5.02 Å². The van der Waals surface area contributed by atoms with Gasteiger partial charge in [0.15, 0.2) is 11.5 Å². The number of carbonyl (C=O) groups excluding carboxylic acids is 1. The molecule has 0 aliphatic rings. The van der Waals surface area contributed by atoms with Crippen molar-refractivity contribution in [3.8, 4) is 23.0 Å². The third kappa shape index (κ3) is 6.17. The lowest BCUT2D eigenvalue weighted by molar-refractivity contribution is -0.117. The van der Waals surface area contributed by atoms with Crippen molar-refractivity contribution >= 4 is 45.4 Å². The van der Waals surface area contributed by atoms with E-state index in [2.05, 4.69) is 4.98 Å². The van der Waals surface area contributed by atoms with E-state index in [1.165, 1.54) is 12.1 Å². The molecule has 184 valence electrons. The largest absolute Gasteiger partial charge is 0.493 e. The molecule has 0 bridgehead atoms. The van der Waals surface area contributed by atoms with Crippen LogP contribution < -0.4 is 14.2 Å². The summed E-state index contributed by atoms with van der Waals surface area (Å²) in [4.78, 5) is 17.3. The van der Waals surface area contributed by atoms with Crippen LogP contribution in [-0.4, -0.2) is 29.9 Å². The van der Waals surface area contributed by atoms with E-state index in [0.717, 1.165) is 10.9 Å². The van der Waals surface area contributed by atoms with Gasteiger partial charge in [-0.25, -0.2) is 4.39 Å². The summed E-state index contributed by atoms with van der Waals surface area (Å²) in [5.41, 5.74) is 2.18. The number of hydrogen-bond donors (Lipinski definition) is 0. The molecule has 0 saturated heterocycles. The Labute approximate surface area is 218 Å². The third-order valence-corrected chi connectivity index (χ3v) is 6.09. The van der Waals surface area contributed by atoms with Gasteiger partial charge in [0, 0.05) is 41.8 Å². The molecular formula is C28H23ClFNO4S. The van der Waals surface area contributed by atoms with Gasteiger partial charge in [-0.3, -0.25) is 9.78 Å². The quantitative estimate of drug-likeness (QED) is 0.210. The highest BCUT2D eigenvalue weighted by atomic mass is 35.5. The number of aromatic nitrogens is 1. The van der Waals surface area contributed by atoms with Crippen LogP contribution in [0.1, 0.15) is 17.5 Å². The van der Waals surface area contributed by atoms with Crippen LogP contribution in [0.3, 0.4) is 0 Å². The molecule has 1 heterocycles. The number of benzene rings is 3. The van der Waals surface area contributed by atoms with Gasteiger partial charge in [-0.05, 0) is 47.5 Å². The van der Waals surface area contributed by atoms with Gasteiger partial charge in [0.1, 0.15) is 23.1 Å². The van der Waals surface area contributed by atoms with Gasteiger partial charge in [0.05, 0.1) is 24.8 Å². The molecule has 0 saturated carbocycles. The number of methoxy groups -OCH3 is 2. The molecule has 0 unspecified atom stereocenters. The molecule has 1 aromatic heterocycles. The van der Waals surface area contributed by atoms with E-state index in [9.17, 15) is 9.18 Å². The first-order chi connectivity index (χ1) is 17.4. The predicted octanol–water partition coefficient (Wildman–Crippen LogP) is 6.95. The highest BCUT2D eigenvalue weighted by molar-refractivity contribution is 7.80. The zero-order valence-corrected chi connectivity index (χ0v) is 21.3. The van der Waals surface area contributed by atoms with Gasteiger partial charge in [0.25, 0.3) is 0 Å². The van der Waals surface area contributed by atoms with Gasteiger partial charge < -0.3 is 14.2 Å². The lowest BCUT2D eigenvalue weighted by Gasteiger charge is -2.13. The minimum Gasteiger partial charge on any atom is -0.493 e. The zero-order chi connectivity index (χ0) is 25.7. The van der Waals surface area contributed by atoms with E-state index in [4.69, 9.17) is 38.0 Å². The molecule has 0 radical (unpaired) electrons. The number of ether oxygens (including phenoxy) is 3. The molecule has 36 heavy (non-hydrogen) atoms. The van der Waals surface area contributed by atoms with E-state index in [0.29, 0.717) is 50.4 Å². The van der Waals surface area contributed by atoms with Crippen molar-refractivity contribution in [2.45, 2.75) is 19.3 Å². The fourth-order valence-corrected chi connectivity index (χ4v) is 4.41. The number of Topliss-reactive ketones (excluding diaryl/α,β-unsaturated/α-hetero) is 1. The second-order valence-electron chi connectivity index (χ2n) is 8.14. The Bertz CT molecular complexity index is 1440. The summed E-state index contributed by atoms with van der Waals surface area (Å²) in [5, 5.41) is 1.15. The van der Waals surface area contributed by atoms with Crippen LogP contribution in [0, 0.1) is 5.82 Å². The number of halogens is 2. The molecule has 3 aromatic carbocycles. The monoisotopic (exact) mass is 523 g/mol. The Hall–Kier alpha value is -3.55. The van der Waals surface area contributed by atoms with Crippen molar-refractivity contribution in [2.24, 2.45) is 0 Å². The molecular weight excluding hydrogens is 501 g/mol. The molecule has 0 spiro atoms. The average molecular weight is 524 g/mol. The van der Waals surface area contributed by atoms with Gasteiger partial charge in [-0.15, -0.1) is 0 Å². The lowest BCUT2D eigenvalue weighted by Crippen LogP contribution is -2.11. The van der Waals surface area contributed by atoms with E-state index in [-0.39, 0.29) is 24.4 Å². The molecule has 0 fully saturated rings. The van der Waals surface area contributed by atoms with Crippen LogP contribution in [0.25, 0.3) is 10.9 Å². The number of pyridine rings is 1. The Morgan fingerprint density at radius 2 is 1.67 bits per heavy atom. The van der Waals surface area contributed by atoms with Crippen molar-refractivity contribution in [2.75, 3.05) is 14.2 Å². The number of nitrogens with zero attached hydrogens (tertiary/aromatic N) is 1. The van der Waals surface area contributed by atoms with Crippen molar-refractivity contribution in [1.29, 1.82) is 0 Å². The van der Waals surface area contributed by atoms with Crippen LogP contribution in [-0.2, 0) is 17.6 Å². The highest BCUT2D eigenvalue weighted by Crippen LogP contribution is 2.38. The van der Waals surface area contributed by atoms with Crippen LogP contribution in [0.15, 0.2) is 66.9 Å². The molecule has 4 rings (SSSR count). The summed E-state index contributed by atoms with van der Waals surface area (Å²) in [6, 6.07) is 16.7. The van der Waals surface area contributed by atoms with Crippen molar-refractivity contribution in [3.63, 3.8) is 0 Å². The fraction of sp³-hybridized carbons (Fsp3) is 0.179. The molecule has 0 N–H and O–H groups in total. The van der Waals surface area contributed by atoms with Gasteiger partial charge in [0.2, 0.25) is 0 Å². The number of carbonyl (C=O) groups is 1. The van der Waals surface area contributed by atoms with Gasteiger partial charge in [-0.2, -0.15) is 0 Å². The fourth-order valence-electron chi connectivity index (χ4n) is 3.84. The zero-order valence-electron chi connectivity index (χ0n) is 19.7. The minimum absolute atomic E-state index is 0.0618. The molecule has 0 atom stereocenters. The Morgan fingerprint density at radius 3 is 2.39 bits per heavy atom. The summed E-state index contributed by atoms with van der Waals surface area (Å²) in [6.07, 6.45) is 2.34. The maximum Gasteiger partial charge on any atom is 0.162 e. The van der Waals surface area contributed by atoms with E-state index in [1.807, 2.05) is 6.07 Å². The Morgan fingerprint density at radius 1 is 0.917 bits per heavy atom. The normalized spacial score (nSPS) is 10.8. The van der Waals surface area contributed by atoms with E-state index < -0.39 is 0 Å². The summed E-state index contributed by atoms with van der Waals surface area (Å²) >= 11 is 12.0. The van der Waals surface area contributed by atoms with Crippen molar-refractivity contribution < 1.29 is 23.4 Å².